The first-order valence-corrected chi connectivity index (χ1v) is 8.48. The van der Waals surface area contributed by atoms with Gasteiger partial charge in [0.15, 0.2) is 10.1 Å². The summed E-state index contributed by atoms with van der Waals surface area (Å²) in [5.74, 6) is 0. The van der Waals surface area contributed by atoms with Gasteiger partial charge in [0.2, 0.25) is 0 Å². The van der Waals surface area contributed by atoms with Crippen LogP contribution in [-0.2, 0) is 6.54 Å². The van der Waals surface area contributed by atoms with Gasteiger partial charge in [0, 0.05) is 17.6 Å². The second kappa shape index (κ2) is 6.89. The van der Waals surface area contributed by atoms with Gasteiger partial charge in [-0.05, 0) is 31.6 Å². The van der Waals surface area contributed by atoms with E-state index < -0.39 is 0 Å². The molecule has 0 aliphatic heterocycles. The van der Waals surface area contributed by atoms with Gasteiger partial charge in [0.1, 0.15) is 0 Å². The first-order chi connectivity index (χ1) is 11.1. The predicted molar refractivity (Wildman–Crippen MR) is 99.2 cm³/mol. The molecule has 0 amide bonds. The van der Waals surface area contributed by atoms with Crippen LogP contribution >= 0.6 is 23.6 Å². The molecule has 0 radical (unpaired) electrons. The minimum atomic E-state index is 0.491. The molecule has 118 valence electrons. The van der Waals surface area contributed by atoms with Crippen molar-refractivity contribution < 1.29 is 0 Å². The Balaban J connectivity index is 1.60. The highest BCUT2D eigenvalue weighted by atomic mass is 32.1. The third kappa shape index (κ3) is 3.57. The fraction of sp³-hybridized carbons (Fsp3) is 0.188. The van der Waals surface area contributed by atoms with Crippen LogP contribution < -0.4 is 10.7 Å². The van der Waals surface area contributed by atoms with E-state index in [9.17, 15) is 0 Å². The number of benzene rings is 1. The van der Waals surface area contributed by atoms with Gasteiger partial charge in [-0.15, -0.1) is 11.3 Å². The molecule has 0 aliphatic rings. The summed E-state index contributed by atoms with van der Waals surface area (Å²) < 4.78 is 2.09. The van der Waals surface area contributed by atoms with Gasteiger partial charge in [-0.2, -0.15) is 5.10 Å². The summed E-state index contributed by atoms with van der Waals surface area (Å²) in [4.78, 5) is 5.50. The lowest BCUT2D eigenvalue weighted by Gasteiger charge is -2.06. The molecule has 0 aliphatic carbocycles. The second-order valence-electron chi connectivity index (χ2n) is 5.12. The maximum atomic E-state index is 5.23. The SMILES string of the molecule is Cc1nc2scc(C)n2c1/C=N\NC(=S)NCc1ccccc1. The number of hydrogen-bond acceptors (Lipinski definition) is 4. The molecule has 2 heterocycles. The Kier molecular flexibility index (Phi) is 4.68. The van der Waals surface area contributed by atoms with Gasteiger partial charge < -0.3 is 5.32 Å². The Labute approximate surface area is 144 Å². The molecule has 0 atom stereocenters. The fourth-order valence-corrected chi connectivity index (χ4v) is 3.29. The standard InChI is InChI=1S/C16H17N5S2/c1-11-10-23-16-19-12(2)14(21(11)16)9-18-20-15(22)17-8-13-6-4-3-5-7-13/h3-7,9-10H,8H2,1-2H3,(H2,17,20,22)/b18-9-. The zero-order valence-corrected chi connectivity index (χ0v) is 14.5. The largest absolute Gasteiger partial charge is 0.357 e. The van der Waals surface area contributed by atoms with Crippen molar-refractivity contribution >= 4 is 39.8 Å². The summed E-state index contributed by atoms with van der Waals surface area (Å²) >= 11 is 6.86. The topological polar surface area (TPSA) is 53.7 Å². The average molecular weight is 343 g/mol. The molecule has 2 N–H and O–H groups in total. The average Bonchev–Trinajstić information content (AvgIpc) is 3.06. The van der Waals surface area contributed by atoms with E-state index in [1.54, 1.807) is 17.6 Å². The number of nitrogens with zero attached hydrogens (tertiary/aromatic N) is 3. The van der Waals surface area contributed by atoms with Crippen molar-refractivity contribution in [3.63, 3.8) is 0 Å². The second-order valence-corrected chi connectivity index (χ2v) is 6.36. The smallest absolute Gasteiger partial charge is 0.194 e. The van der Waals surface area contributed by atoms with E-state index in [1.165, 1.54) is 5.56 Å². The Bertz CT molecular complexity index is 848. The number of thiocarbonyl (C=S) groups is 1. The van der Waals surface area contributed by atoms with E-state index in [2.05, 4.69) is 37.5 Å². The number of hydrogen-bond donors (Lipinski definition) is 2. The van der Waals surface area contributed by atoms with Crippen LogP contribution in [0.2, 0.25) is 0 Å². The van der Waals surface area contributed by atoms with E-state index in [4.69, 9.17) is 12.2 Å². The highest BCUT2D eigenvalue weighted by Crippen LogP contribution is 2.18. The molecular weight excluding hydrogens is 326 g/mol. The highest BCUT2D eigenvalue weighted by molar-refractivity contribution is 7.80. The molecule has 3 rings (SSSR count). The zero-order chi connectivity index (χ0) is 16.2. The quantitative estimate of drug-likeness (QED) is 0.434. The molecule has 0 fully saturated rings. The van der Waals surface area contributed by atoms with Crippen LogP contribution in [-0.4, -0.2) is 20.7 Å². The Morgan fingerprint density at radius 2 is 2.13 bits per heavy atom. The molecular formula is C16H17N5S2. The lowest BCUT2D eigenvalue weighted by atomic mass is 10.2. The number of aryl methyl sites for hydroxylation is 2. The van der Waals surface area contributed by atoms with Gasteiger partial charge in [-0.3, -0.25) is 9.83 Å². The van der Waals surface area contributed by atoms with Crippen LogP contribution in [0.25, 0.3) is 4.96 Å². The molecule has 0 unspecified atom stereocenters. The molecule has 0 saturated carbocycles. The minimum Gasteiger partial charge on any atom is -0.357 e. The first-order valence-electron chi connectivity index (χ1n) is 7.19. The van der Waals surface area contributed by atoms with Crippen LogP contribution in [0.4, 0.5) is 0 Å². The first kappa shape index (κ1) is 15.6. The zero-order valence-electron chi connectivity index (χ0n) is 12.9. The van der Waals surface area contributed by atoms with Crippen molar-refractivity contribution in [1.82, 2.24) is 20.1 Å². The fourth-order valence-electron chi connectivity index (χ4n) is 2.25. The van der Waals surface area contributed by atoms with Gasteiger partial charge >= 0.3 is 0 Å². The van der Waals surface area contributed by atoms with Gasteiger partial charge in [0.25, 0.3) is 0 Å². The summed E-state index contributed by atoms with van der Waals surface area (Å²) in [6.07, 6.45) is 1.76. The summed E-state index contributed by atoms with van der Waals surface area (Å²) in [7, 11) is 0. The summed E-state index contributed by atoms with van der Waals surface area (Å²) in [6.45, 7) is 4.70. The number of thiazole rings is 1. The van der Waals surface area contributed by atoms with Crippen molar-refractivity contribution in [1.29, 1.82) is 0 Å². The molecule has 3 aromatic rings. The predicted octanol–water partition coefficient (Wildman–Crippen LogP) is 3.01. The molecule has 1 aromatic carbocycles. The lowest BCUT2D eigenvalue weighted by Crippen LogP contribution is -2.31. The highest BCUT2D eigenvalue weighted by Gasteiger charge is 2.10. The Morgan fingerprint density at radius 1 is 1.35 bits per heavy atom. The number of fused-ring (bicyclic) bond motifs is 1. The molecule has 23 heavy (non-hydrogen) atoms. The summed E-state index contributed by atoms with van der Waals surface area (Å²) in [5.41, 5.74) is 7.09. The van der Waals surface area contributed by atoms with Crippen LogP contribution in [0.15, 0.2) is 40.8 Å². The maximum Gasteiger partial charge on any atom is 0.194 e. The van der Waals surface area contributed by atoms with E-state index in [-0.39, 0.29) is 0 Å². The third-order valence-electron chi connectivity index (χ3n) is 3.40. The molecule has 0 saturated heterocycles. The lowest BCUT2D eigenvalue weighted by molar-refractivity contribution is 0.868. The van der Waals surface area contributed by atoms with Gasteiger partial charge in [0.05, 0.1) is 17.6 Å². The minimum absolute atomic E-state index is 0.491. The number of hydrazone groups is 1. The van der Waals surface area contributed by atoms with Crippen LogP contribution in [0.3, 0.4) is 0 Å². The van der Waals surface area contributed by atoms with Gasteiger partial charge in [-0.1, -0.05) is 30.3 Å². The monoisotopic (exact) mass is 343 g/mol. The van der Waals surface area contributed by atoms with Crippen molar-refractivity contribution in [2.75, 3.05) is 0 Å². The number of aromatic nitrogens is 2. The van der Waals surface area contributed by atoms with Crippen molar-refractivity contribution in [3.8, 4) is 0 Å². The van der Waals surface area contributed by atoms with E-state index in [1.807, 2.05) is 37.3 Å². The number of imidazole rings is 1. The molecule has 2 aromatic heterocycles. The molecule has 0 bridgehead atoms. The molecule has 7 heteroatoms. The number of nitrogens with one attached hydrogen (secondary N) is 2. The van der Waals surface area contributed by atoms with Crippen molar-refractivity contribution in [2.24, 2.45) is 5.10 Å². The Morgan fingerprint density at radius 3 is 2.91 bits per heavy atom. The van der Waals surface area contributed by atoms with Gasteiger partial charge in [-0.25, -0.2) is 4.98 Å². The third-order valence-corrected chi connectivity index (χ3v) is 4.58. The van der Waals surface area contributed by atoms with Crippen LogP contribution in [0, 0.1) is 13.8 Å². The van der Waals surface area contributed by atoms with E-state index in [0.717, 1.165) is 22.0 Å². The van der Waals surface area contributed by atoms with E-state index >= 15 is 0 Å². The maximum absolute atomic E-state index is 5.23. The van der Waals surface area contributed by atoms with Crippen molar-refractivity contribution in [2.45, 2.75) is 20.4 Å². The summed E-state index contributed by atoms with van der Waals surface area (Å²) in [5, 5.41) is 9.92. The number of rotatable bonds is 4. The van der Waals surface area contributed by atoms with E-state index in [0.29, 0.717) is 11.7 Å². The summed E-state index contributed by atoms with van der Waals surface area (Å²) in [6, 6.07) is 10.1. The molecule has 0 spiro atoms. The van der Waals surface area contributed by atoms with Crippen LogP contribution in [0.1, 0.15) is 22.6 Å². The normalized spacial score (nSPS) is 11.2. The Hall–Kier alpha value is -2.25. The van der Waals surface area contributed by atoms with Crippen LogP contribution in [0.5, 0.6) is 0 Å². The molecule has 5 nitrogen and oxygen atoms in total. The van der Waals surface area contributed by atoms with Crippen molar-refractivity contribution in [3.05, 3.63) is 58.4 Å².